The third-order valence-corrected chi connectivity index (χ3v) is 7.89. The first-order chi connectivity index (χ1) is 20.0. The van der Waals surface area contributed by atoms with Gasteiger partial charge in [-0.15, -0.1) is 25.3 Å². The first kappa shape index (κ1) is 28.1. The van der Waals surface area contributed by atoms with E-state index >= 15 is 0 Å². The summed E-state index contributed by atoms with van der Waals surface area (Å²) in [5.74, 6) is 0. The van der Waals surface area contributed by atoms with Crippen LogP contribution in [0.25, 0.3) is 49.4 Å². The summed E-state index contributed by atoms with van der Waals surface area (Å²) in [6.45, 7) is 4.21. The molecule has 0 aliphatic rings. The van der Waals surface area contributed by atoms with Gasteiger partial charge in [0, 0.05) is 60.5 Å². The van der Waals surface area contributed by atoms with Crippen LogP contribution in [0.3, 0.4) is 0 Å². The molecule has 4 aromatic carbocycles. The molecule has 1 heterocycles. The number of benzene rings is 4. The highest BCUT2D eigenvalue weighted by Gasteiger charge is 2.19. The fraction of sp³-hybridized carbons (Fsp3) is 0.0571. The third kappa shape index (κ3) is 5.62. The van der Waals surface area contributed by atoms with Crippen molar-refractivity contribution in [2.24, 2.45) is 4.99 Å². The Morgan fingerprint density at radius 3 is 2.27 bits per heavy atom. The summed E-state index contributed by atoms with van der Waals surface area (Å²) in [6, 6.07) is 27.3. The van der Waals surface area contributed by atoms with Gasteiger partial charge in [0.15, 0.2) is 0 Å². The van der Waals surface area contributed by atoms with Gasteiger partial charge in [-0.1, -0.05) is 73.3 Å². The van der Waals surface area contributed by atoms with Crippen molar-refractivity contribution in [3.05, 3.63) is 132 Å². The molecule has 5 rings (SSSR count). The lowest BCUT2D eigenvalue weighted by molar-refractivity contribution is 1.10. The smallest absolute Gasteiger partial charge is 0.0958 e. The van der Waals surface area contributed by atoms with E-state index in [0.29, 0.717) is 15.5 Å². The zero-order chi connectivity index (χ0) is 28.9. The molecule has 0 unspecified atom stereocenters. The quantitative estimate of drug-likeness (QED) is 0.0496. The second-order valence-electron chi connectivity index (χ2n) is 9.52. The standard InChI is InChI=1S/C35H30N4S2/c1-22(32(40)21-37-2)15-25(18-36)33-28-11-7-8-12-29(28)34(26-16-27(20-39-19-26)35(41)38-3)31-17-24(13-14-30(31)33)23-9-5-4-6-10-23/h4-21,36-37,40H,1H2,2-3H3,(H,38,41)/b25-15+,32-21-,36-18?. The van der Waals surface area contributed by atoms with Crippen LogP contribution in [0.5, 0.6) is 0 Å². The molecule has 5 aromatic rings. The molecule has 0 saturated carbocycles. The summed E-state index contributed by atoms with van der Waals surface area (Å²) in [4.78, 5) is 9.53. The number of hydrogen-bond donors (Lipinski definition) is 4. The predicted molar refractivity (Wildman–Crippen MR) is 184 cm³/mol. The number of allylic oxidation sites excluding steroid dienone is 3. The molecule has 1 aromatic heterocycles. The normalized spacial score (nSPS) is 12.5. The summed E-state index contributed by atoms with van der Waals surface area (Å²) in [5.41, 5.74) is 7.54. The lowest BCUT2D eigenvalue weighted by atomic mass is 9.84. The van der Waals surface area contributed by atoms with Gasteiger partial charge in [-0.3, -0.25) is 9.98 Å². The van der Waals surface area contributed by atoms with Gasteiger partial charge < -0.3 is 10.7 Å². The fourth-order valence-electron chi connectivity index (χ4n) is 5.12. The first-order valence-electron chi connectivity index (χ1n) is 13.1. The van der Waals surface area contributed by atoms with Crippen molar-refractivity contribution in [2.45, 2.75) is 0 Å². The molecule has 6 heteroatoms. The number of nitrogens with zero attached hydrogens (tertiary/aromatic N) is 2. The molecule has 41 heavy (non-hydrogen) atoms. The second-order valence-corrected chi connectivity index (χ2v) is 10.4. The van der Waals surface area contributed by atoms with Crippen LogP contribution in [0, 0.1) is 5.41 Å². The molecule has 0 atom stereocenters. The van der Waals surface area contributed by atoms with E-state index in [0.717, 1.165) is 60.5 Å². The Morgan fingerprint density at radius 1 is 0.854 bits per heavy atom. The Bertz CT molecular complexity index is 1890. The molecular weight excluding hydrogens is 541 g/mol. The summed E-state index contributed by atoms with van der Waals surface area (Å²) >= 11 is 9.15. The van der Waals surface area contributed by atoms with E-state index in [1.165, 1.54) is 6.21 Å². The van der Waals surface area contributed by atoms with Crippen molar-refractivity contribution >= 4 is 63.6 Å². The number of fused-ring (bicyclic) bond motifs is 2. The van der Waals surface area contributed by atoms with Gasteiger partial charge in [0.05, 0.1) is 5.04 Å². The Labute approximate surface area is 251 Å². The number of hydrogen-bond acceptors (Lipinski definition) is 5. The average Bonchev–Trinajstić information content (AvgIpc) is 3.02. The first-order valence-corrected chi connectivity index (χ1v) is 14.0. The van der Waals surface area contributed by atoms with Crippen molar-refractivity contribution in [3.8, 4) is 22.3 Å². The van der Waals surface area contributed by atoms with Crippen molar-refractivity contribution in [2.75, 3.05) is 14.1 Å². The minimum atomic E-state index is 0.624. The van der Waals surface area contributed by atoms with Crippen LogP contribution in [0.15, 0.2) is 126 Å². The SMILES string of the molecule is C=C(/C=C(\C=N)c1c2ccccc2c(-c2cncc(C(S)=NC)c2)c2cc(-c3ccccc3)ccc12)/C(S)=C/NC. The van der Waals surface area contributed by atoms with E-state index in [4.69, 9.17) is 5.41 Å². The van der Waals surface area contributed by atoms with E-state index in [-0.39, 0.29) is 0 Å². The van der Waals surface area contributed by atoms with Crippen LogP contribution in [-0.4, -0.2) is 30.3 Å². The van der Waals surface area contributed by atoms with E-state index in [1.54, 1.807) is 19.4 Å². The van der Waals surface area contributed by atoms with E-state index in [1.807, 2.05) is 49.7 Å². The molecule has 4 nitrogen and oxygen atoms in total. The van der Waals surface area contributed by atoms with Crippen LogP contribution in [-0.2, 0) is 0 Å². The Morgan fingerprint density at radius 2 is 1.56 bits per heavy atom. The number of thiol groups is 2. The van der Waals surface area contributed by atoms with Crippen molar-refractivity contribution < 1.29 is 0 Å². The number of rotatable bonds is 8. The van der Waals surface area contributed by atoms with Gasteiger partial charge >= 0.3 is 0 Å². The van der Waals surface area contributed by atoms with Crippen molar-refractivity contribution in [3.63, 3.8) is 0 Å². The largest absolute Gasteiger partial charge is 0.393 e. The highest BCUT2D eigenvalue weighted by molar-refractivity contribution is 7.97. The maximum Gasteiger partial charge on any atom is 0.0958 e. The fourth-order valence-corrected chi connectivity index (χ4v) is 5.43. The topological polar surface area (TPSA) is 61.1 Å². The minimum absolute atomic E-state index is 0.624. The zero-order valence-electron chi connectivity index (χ0n) is 22.9. The molecule has 0 radical (unpaired) electrons. The van der Waals surface area contributed by atoms with E-state index in [9.17, 15) is 0 Å². The predicted octanol–water partition coefficient (Wildman–Crippen LogP) is 8.61. The lowest BCUT2D eigenvalue weighted by Crippen LogP contribution is -1.98. The van der Waals surface area contributed by atoms with Gasteiger partial charge in [0.1, 0.15) is 0 Å². The number of aliphatic imine (C=N–C) groups is 1. The Kier molecular flexibility index (Phi) is 8.53. The molecule has 202 valence electrons. The van der Waals surface area contributed by atoms with Crippen LogP contribution in [0.4, 0.5) is 0 Å². The molecular formula is C35H30N4S2. The lowest BCUT2D eigenvalue weighted by Gasteiger charge is -2.19. The van der Waals surface area contributed by atoms with Crippen LogP contribution >= 0.6 is 25.3 Å². The zero-order valence-corrected chi connectivity index (χ0v) is 24.7. The molecule has 0 fully saturated rings. The molecule has 0 bridgehead atoms. The number of pyridine rings is 1. The van der Waals surface area contributed by atoms with Crippen molar-refractivity contribution in [1.29, 1.82) is 5.41 Å². The molecule has 0 amide bonds. The maximum absolute atomic E-state index is 8.45. The highest BCUT2D eigenvalue weighted by atomic mass is 32.1. The molecule has 2 N–H and O–H groups in total. The Hall–Kier alpha value is -4.39. The monoisotopic (exact) mass is 570 g/mol. The molecule has 0 aliphatic carbocycles. The summed E-state index contributed by atoms with van der Waals surface area (Å²) in [7, 11) is 3.55. The number of aromatic nitrogens is 1. The number of nitrogens with one attached hydrogen (secondary N) is 2. The average molecular weight is 571 g/mol. The minimum Gasteiger partial charge on any atom is -0.393 e. The Balaban J connectivity index is 1.92. The third-order valence-electron chi connectivity index (χ3n) is 7.01. The highest BCUT2D eigenvalue weighted by Crippen LogP contribution is 2.43. The molecule has 0 spiro atoms. The maximum atomic E-state index is 8.45. The van der Waals surface area contributed by atoms with Gasteiger partial charge in [-0.2, -0.15) is 0 Å². The van der Waals surface area contributed by atoms with Crippen LogP contribution in [0.2, 0.25) is 0 Å². The van der Waals surface area contributed by atoms with E-state index in [2.05, 4.69) is 95.7 Å². The van der Waals surface area contributed by atoms with Gasteiger partial charge in [0.25, 0.3) is 0 Å². The van der Waals surface area contributed by atoms with E-state index < -0.39 is 0 Å². The van der Waals surface area contributed by atoms with Crippen molar-refractivity contribution in [1.82, 2.24) is 10.3 Å². The van der Waals surface area contributed by atoms with Crippen LogP contribution < -0.4 is 5.32 Å². The van der Waals surface area contributed by atoms with Crippen LogP contribution in [0.1, 0.15) is 11.1 Å². The summed E-state index contributed by atoms with van der Waals surface area (Å²) < 4.78 is 0. The van der Waals surface area contributed by atoms with Gasteiger partial charge in [-0.25, -0.2) is 0 Å². The summed E-state index contributed by atoms with van der Waals surface area (Å²) in [5, 5.41) is 16.2. The second kappa shape index (κ2) is 12.4. The molecule has 0 aliphatic heterocycles. The van der Waals surface area contributed by atoms with Gasteiger partial charge in [-0.05, 0) is 67.6 Å². The summed E-state index contributed by atoms with van der Waals surface area (Å²) in [6.07, 6.45) is 8.76. The molecule has 0 saturated heterocycles. The van der Waals surface area contributed by atoms with Gasteiger partial charge in [0.2, 0.25) is 0 Å².